The fourth-order valence-corrected chi connectivity index (χ4v) is 5.69. The molecule has 0 saturated heterocycles. The maximum Gasteiger partial charge on any atom is 0.265 e. The van der Waals surface area contributed by atoms with E-state index in [1.807, 2.05) is 12.1 Å². The highest BCUT2D eigenvalue weighted by Gasteiger charge is 2.39. The second-order valence-corrected chi connectivity index (χ2v) is 11.3. The molecule has 1 atom stereocenters. The van der Waals surface area contributed by atoms with Crippen LogP contribution in [0.1, 0.15) is 39.1 Å². The monoisotopic (exact) mass is 585 g/mol. The first-order chi connectivity index (χ1) is 19.1. The van der Waals surface area contributed by atoms with Crippen LogP contribution in [-0.4, -0.2) is 67.0 Å². The number of aryl methyl sites for hydroxylation is 1. The summed E-state index contributed by atoms with van der Waals surface area (Å²) in [7, 11) is -3.12. The van der Waals surface area contributed by atoms with Gasteiger partial charge in [-0.2, -0.15) is 0 Å². The van der Waals surface area contributed by atoms with Gasteiger partial charge in [-0.15, -0.1) is 0 Å². The van der Waals surface area contributed by atoms with Crippen molar-refractivity contribution in [1.29, 1.82) is 0 Å². The highest BCUT2D eigenvalue weighted by molar-refractivity contribution is 7.89. The van der Waals surface area contributed by atoms with Gasteiger partial charge in [-0.3, -0.25) is 24.5 Å². The number of ether oxygens (including phenoxy) is 1. The van der Waals surface area contributed by atoms with Crippen molar-refractivity contribution in [2.24, 2.45) is 0 Å². The Balaban J connectivity index is 1.49. The van der Waals surface area contributed by atoms with Crippen LogP contribution in [-0.2, 0) is 21.2 Å². The molecule has 2 N–H and O–H groups in total. The lowest BCUT2D eigenvalue weighted by Crippen LogP contribution is -2.50. The minimum atomic E-state index is -4.54. The second-order valence-electron chi connectivity index (χ2n) is 9.09. The van der Waals surface area contributed by atoms with Gasteiger partial charge in [0.2, 0.25) is 5.91 Å². The van der Waals surface area contributed by atoms with E-state index in [0.29, 0.717) is 23.6 Å². The van der Waals surface area contributed by atoms with Gasteiger partial charge >= 0.3 is 0 Å². The fourth-order valence-electron chi connectivity index (χ4n) is 4.33. The van der Waals surface area contributed by atoms with Crippen LogP contribution >= 0.6 is 11.6 Å². The summed E-state index contributed by atoms with van der Waals surface area (Å²) in [5, 5.41) is 14.2. The SMILES string of the molecule is COc1ccc(S(=O)(=O)N(O)C(CCN2C(=O)c3ccccc3C2=O)C(=O)NCCCc2ccc(Cl)cc2)cc1. The van der Waals surface area contributed by atoms with Gasteiger partial charge < -0.3 is 10.1 Å². The van der Waals surface area contributed by atoms with Crippen LogP contribution < -0.4 is 10.1 Å². The van der Waals surface area contributed by atoms with Gasteiger partial charge in [0, 0.05) is 18.1 Å². The van der Waals surface area contributed by atoms with E-state index in [4.69, 9.17) is 16.3 Å². The van der Waals surface area contributed by atoms with E-state index >= 15 is 0 Å². The Morgan fingerprint density at radius 2 is 1.60 bits per heavy atom. The Kier molecular flexibility index (Phi) is 9.21. The van der Waals surface area contributed by atoms with Crippen LogP contribution in [0.15, 0.2) is 77.7 Å². The number of hydroxylamine groups is 1. The van der Waals surface area contributed by atoms with Crippen LogP contribution in [0.25, 0.3) is 0 Å². The number of amides is 3. The van der Waals surface area contributed by atoms with Gasteiger partial charge in [0.15, 0.2) is 0 Å². The standard InChI is InChI=1S/C28H28ClN3O7S/c1-39-21-12-14-22(15-13-21)40(37,38)32(36)25(26(33)30-17-4-5-19-8-10-20(29)11-9-19)16-18-31-27(34)23-6-2-3-7-24(23)28(31)35/h2-3,6-15,25,36H,4-5,16-18H2,1H3,(H,30,33). The Morgan fingerprint density at radius 3 is 2.17 bits per heavy atom. The Morgan fingerprint density at radius 1 is 1.00 bits per heavy atom. The predicted molar refractivity (Wildman–Crippen MR) is 147 cm³/mol. The van der Waals surface area contributed by atoms with Crippen molar-refractivity contribution in [1.82, 2.24) is 14.7 Å². The molecule has 0 aromatic heterocycles. The van der Waals surface area contributed by atoms with E-state index in [2.05, 4.69) is 5.32 Å². The summed E-state index contributed by atoms with van der Waals surface area (Å²) >= 11 is 5.91. The summed E-state index contributed by atoms with van der Waals surface area (Å²) in [6.45, 7) is -0.0915. The van der Waals surface area contributed by atoms with Gasteiger partial charge in [-0.1, -0.05) is 40.3 Å². The third-order valence-corrected chi connectivity index (χ3v) is 8.40. The summed E-state index contributed by atoms with van der Waals surface area (Å²) in [5.74, 6) is -1.47. The highest BCUT2D eigenvalue weighted by atomic mass is 35.5. The number of sulfonamides is 1. The first kappa shape index (κ1) is 29.2. The lowest BCUT2D eigenvalue weighted by Gasteiger charge is -2.26. The van der Waals surface area contributed by atoms with Gasteiger partial charge in [-0.25, -0.2) is 8.42 Å². The zero-order chi connectivity index (χ0) is 28.9. The molecule has 0 spiro atoms. The average molecular weight is 586 g/mol. The lowest BCUT2D eigenvalue weighted by atomic mass is 10.1. The van der Waals surface area contributed by atoms with E-state index in [9.17, 15) is 28.0 Å². The molecule has 3 aromatic rings. The summed E-state index contributed by atoms with van der Waals surface area (Å²) in [6, 6.07) is 17.2. The predicted octanol–water partition coefficient (Wildman–Crippen LogP) is 3.53. The molecule has 0 aliphatic carbocycles. The molecule has 4 rings (SSSR count). The topological polar surface area (TPSA) is 133 Å². The fraction of sp³-hybridized carbons (Fsp3) is 0.250. The van der Waals surface area contributed by atoms with Gasteiger partial charge in [-0.05, 0) is 73.4 Å². The molecule has 0 bridgehead atoms. The van der Waals surface area contributed by atoms with Crippen molar-refractivity contribution in [3.05, 3.63) is 94.5 Å². The van der Waals surface area contributed by atoms with Crippen molar-refractivity contribution >= 4 is 39.3 Å². The molecule has 0 saturated carbocycles. The van der Waals surface area contributed by atoms with Crippen LogP contribution in [0, 0.1) is 0 Å². The zero-order valence-electron chi connectivity index (χ0n) is 21.6. The molecular formula is C28H28ClN3O7S. The van der Waals surface area contributed by atoms with Crippen molar-refractivity contribution < 1.29 is 32.7 Å². The Bertz CT molecular complexity index is 1460. The third kappa shape index (κ3) is 6.34. The molecule has 1 aliphatic rings. The maximum absolute atomic E-state index is 13.2. The molecule has 1 heterocycles. The number of nitrogens with one attached hydrogen (secondary N) is 1. The number of fused-ring (bicyclic) bond motifs is 1. The van der Waals surface area contributed by atoms with Crippen LogP contribution in [0.4, 0.5) is 0 Å². The number of imide groups is 1. The number of benzene rings is 3. The zero-order valence-corrected chi connectivity index (χ0v) is 23.2. The number of hydrogen-bond acceptors (Lipinski definition) is 7. The van der Waals surface area contributed by atoms with E-state index in [1.54, 1.807) is 24.3 Å². The molecule has 3 aromatic carbocycles. The summed E-state index contributed by atoms with van der Waals surface area (Å²) < 4.78 is 31.5. The minimum absolute atomic E-state index is 0.0124. The maximum atomic E-state index is 13.2. The number of hydrogen-bond donors (Lipinski definition) is 2. The van der Waals surface area contributed by atoms with Gasteiger partial charge in [0.1, 0.15) is 11.8 Å². The summed E-state index contributed by atoms with van der Waals surface area (Å²) in [5.41, 5.74) is 1.46. The van der Waals surface area contributed by atoms with Crippen molar-refractivity contribution in [2.45, 2.75) is 30.2 Å². The molecule has 40 heavy (non-hydrogen) atoms. The number of nitrogens with zero attached hydrogens (tertiary/aromatic N) is 2. The second kappa shape index (κ2) is 12.6. The molecule has 3 amide bonds. The highest BCUT2D eigenvalue weighted by Crippen LogP contribution is 2.25. The number of rotatable bonds is 12. The quantitative estimate of drug-likeness (QED) is 0.189. The molecule has 0 fully saturated rings. The lowest BCUT2D eigenvalue weighted by molar-refractivity contribution is -0.135. The molecular weight excluding hydrogens is 558 g/mol. The van der Waals surface area contributed by atoms with Gasteiger partial charge in [0.05, 0.1) is 23.1 Å². The van der Waals surface area contributed by atoms with Crippen molar-refractivity contribution in [2.75, 3.05) is 20.2 Å². The smallest absolute Gasteiger partial charge is 0.265 e. The number of carbonyl (C=O) groups is 3. The first-order valence-corrected chi connectivity index (χ1v) is 14.3. The average Bonchev–Trinajstić information content (AvgIpc) is 3.21. The third-order valence-electron chi connectivity index (χ3n) is 6.53. The molecule has 210 valence electrons. The van der Waals surface area contributed by atoms with E-state index < -0.39 is 33.8 Å². The molecule has 1 unspecified atom stereocenters. The normalized spacial score (nSPS) is 13.8. The largest absolute Gasteiger partial charge is 0.497 e. The summed E-state index contributed by atoms with van der Waals surface area (Å²) in [4.78, 5) is 39.5. The molecule has 1 aliphatic heterocycles. The number of carbonyl (C=O) groups excluding carboxylic acids is 3. The van der Waals surface area contributed by atoms with E-state index in [1.165, 1.54) is 43.5 Å². The van der Waals surface area contributed by atoms with Crippen LogP contribution in [0.5, 0.6) is 5.75 Å². The van der Waals surface area contributed by atoms with E-state index in [-0.39, 0.29) is 40.0 Å². The first-order valence-electron chi connectivity index (χ1n) is 12.5. The summed E-state index contributed by atoms with van der Waals surface area (Å²) in [6.07, 6.45) is 0.833. The van der Waals surface area contributed by atoms with Crippen molar-refractivity contribution in [3.63, 3.8) is 0 Å². The molecule has 10 nitrogen and oxygen atoms in total. The number of methoxy groups -OCH3 is 1. The Hall–Kier alpha value is -3.77. The van der Waals surface area contributed by atoms with Crippen LogP contribution in [0.3, 0.4) is 0 Å². The Labute approximate surface area is 237 Å². The minimum Gasteiger partial charge on any atom is -0.497 e. The number of halogens is 1. The molecule has 0 radical (unpaired) electrons. The molecule has 12 heteroatoms. The van der Waals surface area contributed by atoms with Crippen LogP contribution in [0.2, 0.25) is 5.02 Å². The van der Waals surface area contributed by atoms with E-state index in [0.717, 1.165) is 10.5 Å². The van der Waals surface area contributed by atoms with Gasteiger partial charge in [0.25, 0.3) is 21.8 Å². The van der Waals surface area contributed by atoms with Crippen molar-refractivity contribution in [3.8, 4) is 5.75 Å².